The Bertz CT molecular complexity index is 269. The number of ether oxygens (including phenoxy) is 1. The first-order chi connectivity index (χ1) is 8.51. The van der Waals surface area contributed by atoms with Gasteiger partial charge in [0.15, 0.2) is 0 Å². The molecule has 1 aliphatic rings. The number of esters is 1. The highest BCUT2D eigenvalue weighted by molar-refractivity contribution is 8.00. The van der Waals surface area contributed by atoms with E-state index in [4.69, 9.17) is 4.74 Å². The zero-order valence-electron chi connectivity index (χ0n) is 12.1. The minimum absolute atomic E-state index is 0.113. The molecule has 0 aromatic carbocycles. The van der Waals surface area contributed by atoms with Crippen molar-refractivity contribution in [1.82, 2.24) is 5.32 Å². The van der Waals surface area contributed by atoms with E-state index in [2.05, 4.69) is 26.1 Å². The van der Waals surface area contributed by atoms with Gasteiger partial charge in [-0.05, 0) is 31.2 Å². The third-order valence-electron chi connectivity index (χ3n) is 3.78. The first-order valence-corrected chi connectivity index (χ1v) is 7.98. The van der Waals surface area contributed by atoms with E-state index in [1.54, 1.807) is 11.8 Å². The Balaban J connectivity index is 2.58. The van der Waals surface area contributed by atoms with E-state index in [-0.39, 0.29) is 5.97 Å². The van der Waals surface area contributed by atoms with Crippen molar-refractivity contribution in [2.75, 3.05) is 19.4 Å². The van der Waals surface area contributed by atoms with Gasteiger partial charge in [0.25, 0.3) is 0 Å². The Morgan fingerprint density at radius 3 is 2.83 bits per heavy atom. The number of carbonyl (C=O) groups is 1. The third-order valence-corrected chi connectivity index (χ3v) is 5.12. The van der Waals surface area contributed by atoms with Crippen LogP contribution in [0.3, 0.4) is 0 Å². The number of methoxy groups -OCH3 is 1. The summed E-state index contributed by atoms with van der Waals surface area (Å²) >= 11 is 1.75. The van der Waals surface area contributed by atoms with E-state index in [9.17, 15) is 4.79 Å². The lowest BCUT2D eigenvalue weighted by Gasteiger charge is -2.44. The van der Waals surface area contributed by atoms with Crippen molar-refractivity contribution in [1.29, 1.82) is 0 Å². The van der Waals surface area contributed by atoms with Crippen LogP contribution in [0.4, 0.5) is 0 Å². The maximum absolute atomic E-state index is 11.3. The average molecular weight is 273 g/mol. The molecule has 0 spiro atoms. The Labute approximate surface area is 115 Å². The van der Waals surface area contributed by atoms with Gasteiger partial charge >= 0.3 is 5.97 Å². The van der Waals surface area contributed by atoms with Crippen LogP contribution in [0.5, 0.6) is 0 Å². The summed E-state index contributed by atoms with van der Waals surface area (Å²) in [5, 5.41) is 4.21. The summed E-state index contributed by atoms with van der Waals surface area (Å²) in [6, 6.07) is 0.501. The highest BCUT2D eigenvalue weighted by atomic mass is 32.2. The molecule has 1 aliphatic carbocycles. The topological polar surface area (TPSA) is 38.3 Å². The Kier molecular flexibility index (Phi) is 6.50. The van der Waals surface area contributed by atoms with E-state index < -0.39 is 0 Å². The first-order valence-electron chi connectivity index (χ1n) is 6.93. The maximum atomic E-state index is 11.3. The fraction of sp³-hybridized carbons (Fsp3) is 0.929. The fourth-order valence-electron chi connectivity index (χ4n) is 2.71. The fourth-order valence-corrected chi connectivity index (χ4v) is 4.16. The molecule has 0 saturated heterocycles. The molecule has 0 heterocycles. The van der Waals surface area contributed by atoms with Crippen molar-refractivity contribution >= 4 is 17.7 Å². The Hall–Kier alpha value is -0.220. The first kappa shape index (κ1) is 15.8. The van der Waals surface area contributed by atoms with E-state index in [0.29, 0.717) is 22.5 Å². The molecule has 1 saturated carbocycles. The van der Waals surface area contributed by atoms with Crippen molar-refractivity contribution in [3.8, 4) is 0 Å². The molecule has 4 heteroatoms. The number of hydrogen-bond acceptors (Lipinski definition) is 4. The van der Waals surface area contributed by atoms with E-state index in [0.717, 1.165) is 13.0 Å². The second-order valence-electron chi connectivity index (χ2n) is 5.74. The van der Waals surface area contributed by atoms with Gasteiger partial charge in [-0.1, -0.05) is 27.2 Å². The summed E-state index contributed by atoms with van der Waals surface area (Å²) in [6.45, 7) is 7.93. The van der Waals surface area contributed by atoms with Crippen LogP contribution in [0.1, 0.15) is 46.5 Å². The van der Waals surface area contributed by atoms with Gasteiger partial charge in [-0.3, -0.25) is 4.79 Å². The van der Waals surface area contributed by atoms with Crippen molar-refractivity contribution in [3.05, 3.63) is 0 Å². The van der Waals surface area contributed by atoms with Gasteiger partial charge in [0.2, 0.25) is 0 Å². The molecule has 18 heavy (non-hydrogen) atoms. The normalized spacial score (nSPS) is 26.9. The lowest BCUT2D eigenvalue weighted by atomic mass is 9.73. The van der Waals surface area contributed by atoms with Crippen LogP contribution >= 0.6 is 11.8 Å². The molecule has 106 valence electrons. The van der Waals surface area contributed by atoms with Gasteiger partial charge in [0.05, 0.1) is 12.9 Å². The third kappa shape index (κ3) is 4.47. The molecule has 1 fully saturated rings. The van der Waals surface area contributed by atoms with Crippen molar-refractivity contribution in [2.24, 2.45) is 5.41 Å². The summed E-state index contributed by atoms with van der Waals surface area (Å²) in [7, 11) is 1.46. The zero-order chi connectivity index (χ0) is 13.6. The van der Waals surface area contributed by atoms with Crippen LogP contribution in [0.25, 0.3) is 0 Å². The number of carbonyl (C=O) groups excluding carboxylic acids is 1. The summed E-state index contributed by atoms with van der Waals surface area (Å²) in [5.74, 6) is 0.360. The molecular weight excluding hydrogens is 246 g/mol. The molecule has 0 aliphatic heterocycles. The highest BCUT2D eigenvalue weighted by Gasteiger charge is 2.38. The van der Waals surface area contributed by atoms with Crippen LogP contribution in [-0.4, -0.2) is 36.7 Å². The summed E-state index contributed by atoms with van der Waals surface area (Å²) in [4.78, 5) is 11.3. The van der Waals surface area contributed by atoms with Gasteiger partial charge in [-0.2, -0.15) is 0 Å². The zero-order valence-corrected chi connectivity index (χ0v) is 12.9. The van der Waals surface area contributed by atoms with Crippen molar-refractivity contribution in [2.45, 2.75) is 57.7 Å². The molecule has 0 amide bonds. The number of thioether (sulfide) groups is 1. The largest absolute Gasteiger partial charge is 0.468 e. The van der Waals surface area contributed by atoms with Crippen LogP contribution in [-0.2, 0) is 9.53 Å². The Morgan fingerprint density at radius 2 is 2.22 bits per heavy atom. The van der Waals surface area contributed by atoms with Crippen molar-refractivity contribution < 1.29 is 9.53 Å². The van der Waals surface area contributed by atoms with E-state index in [1.165, 1.54) is 26.4 Å². The van der Waals surface area contributed by atoms with Gasteiger partial charge in [-0.25, -0.2) is 0 Å². The summed E-state index contributed by atoms with van der Waals surface area (Å²) < 4.78 is 4.73. The molecule has 0 radical (unpaired) electrons. The number of nitrogens with one attached hydrogen (secondary N) is 1. The Morgan fingerprint density at radius 1 is 1.50 bits per heavy atom. The molecule has 3 nitrogen and oxygen atoms in total. The molecule has 0 aromatic heterocycles. The van der Waals surface area contributed by atoms with Crippen LogP contribution in [0, 0.1) is 5.41 Å². The second-order valence-corrected chi connectivity index (χ2v) is 6.97. The number of rotatable bonds is 6. The molecule has 1 N–H and O–H groups in total. The quantitative estimate of drug-likeness (QED) is 0.755. The minimum atomic E-state index is -0.113. The monoisotopic (exact) mass is 273 g/mol. The predicted octanol–water partition coefficient (Wildman–Crippen LogP) is 2.84. The molecule has 2 unspecified atom stereocenters. The molecule has 1 rings (SSSR count). The predicted molar refractivity (Wildman–Crippen MR) is 78.0 cm³/mol. The van der Waals surface area contributed by atoms with Gasteiger partial charge in [0, 0.05) is 11.3 Å². The number of hydrogen-bond donors (Lipinski definition) is 1. The maximum Gasteiger partial charge on any atom is 0.315 e. The van der Waals surface area contributed by atoms with Crippen LogP contribution < -0.4 is 5.32 Å². The van der Waals surface area contributed by atoms with E-state index in [1.807, 2.05) is 0 Å². The van der Waals surface area contributed by atoms with Crippen LogP contribution in [0.2, 0.25) is 0 Å². The van der Waals surface area contributed by atoms with Crippen molar-refractivity contribution in [3.63, 3.8) is 0 Å². The lowest BCUT2D eigenvalue weighted by molar-refractivity contribution is -0.137. The minimum Gasteiger partial charge on any atom is -0.468 e. The molecule has 2 atom stereocenters. The highest BCUT2D eigenvalue weighted by Crippen LogP contribution is 2.40. The molecule has 0 aromatic rings. The van der Waals surface area contributed by atoms with E-state index >= 15 is 0 Å². The molecule has 0 bridgehead atoms. The molecular formula is C14H27NO2S. The standard InChI is InChI=1S/C14H27NO2S/c1-5-9-15-13-11(18-10-12(16)17-4)7-6-8-14(13,2)3/h11,13,15H,5-10H2,1-4H3. The summed E-state index contributed by atoms with van der Waals surface area (Å²) in [6.07, 6.45) is 4.88. The van der Waals surface area contributed by atoms with Gasteiger partial charge < -0.3 is 10.1 Å². The SMILES string of the molecule is CCCNC1C(SCC(=O)OC)CCCC1(C)C. The van der Waals surface area contributed by atoms with Gasteiger partial charge in [-0.15, -0.1) is 11.8 Å². The second kappa shape index (κ2) is 7.39. The van der Waals surface area contributed by atoms with Crippen LogP contribution in [0.15, 0.2) is 0 Å². The van der Waals surface area contributed by atoms with Gasteiger partial charge in [0.1, 0.15) is 0 Å². The summed E-state index contributed by atoms with van der Waals surface area (Å²) in [5.41, 5.74) is 0.321. The smallest absolute Gasteiger partial charge is 0.315 e. The average Bonchev–Trinajstić information content (AvgIpc) is 2.34. The lowest BCUT2D eigenvalue weighted by Crippen LogP contribution is -2.51.